The van der Waals surface area contributed by atoms with Crippen LogP contribution in [0.5, 0.6) is 0 Å². The summed E-state index contributed by atoms with van der Waals surface area (Å²) in [6, 6.07) is 3.76. The number of anilines is 1. The molecule has 0 unspecified atom stereocenters. The van der Waals surface area contributed by atoms with Crippen LogP contribution >= 0.6 is 0 Å². The number of carbonyl (C=O) groups excluding carboxylic acids is 2. The molecule has 0 bridgehead atoms. The highest BCUT2D eigenvalue weighted by atomic mass is 16.6. The number of hydrogen-bond donors (Lipinski definition) is 1. The number of fused-ring (bicyclic) bond motifs is 1. The predicted octanol–water partition coefficient (Wildman–Crippen LogP) is 4.12. The Morgan fingerprint density at radius 1 is 1.19 bits per heavy atom. The van der Waals surface area contributed by atoms with Crippen molar-refractivity contribution < 1.29 is 19.1 Å². The zero-order valence-electron chi connectivity index (χ0n) is 19.4. The molecule has 8 nitrogen and oxygen atoms in total. The maximum Gasteiger partial charge on any atom is 0.408 e. The third kappa shape index (κ3) is 4.94. The van der Waals surface area contributed by atoms with Crippen molar-refractivity contribution in [1.29, 1.82) is 0 Å². The van der Waals surface area contributed by atoms with Gasteiger partial charge in [-0.05, 0) is 59.1 Å². The van der Waals surface area contributed by atoms with Gasteiger partial charge in [0.1, 0.15) is 11.1 Å². The van der Waals surface area contributed by atoms with Gasteiger partial charge in [-0.3, -0.25) is 4.68 Å². The van der Waals surface area contributed by atoms with E-state index in [1.165, 1.54) is 7.11 Å². The smallest absolute Gasteiger partial charge is 0.408 e. The summed E-state index contributed by atoms with van der Waals surface area (Å²) in [5.74, 6) is -0.386. The van der Waals surface area contributed by atoms with E-state index in [-0.39, 0.29) is 17.6 Å². The lowest BCUT2D eigenvalue weighted by molar-refractivity contribution is 0.0430. The molecule has 1 aromatic carbocycles. The number of benzene rings is 1. The number of rotatable bonds is 5. The summed E-state index contributed by atoms with van der Waals surface area (Å²) in [5, 5.41) is 8.66. The Bertz CT molecular complexity index is 952. The van der Waals surface area contributed by atoms with Crippen molar-refractivity contribution in [2.75, 3.05) is 25.1 Å². The monoisotopic (exact) mass is 430 g/mol. The molecule has 0 saturated carbocycles. The van der Waals surface area contributed by atoms with E-state index < -0.39 is 5.60 Å². The number of piperidine rings is 1. The highest BCUT2D eigenvalue weighted by molar-refractivity contribution is 6.06. The molecule has 2 heterocycles. The predicted molar refractivity (Wildman–Crippen MR) is 121 cm³/mol. The van der Waals surface area contributed by atoms with Gasteiger partial charge < -0.3 is 19.7 Å². The first-order chi connectivity index (χ1) is 14.6. The molecule has 170 valence electrons. The molecule has 1 aliphatic heterocycles. The van der Waals surface area contributed by atoms with E-state index in [2.05, 4.69) is 22.2 Å². The van der Waals surface area contributed by atoms with Gasteiger partial charge in [0.15, 0.2) is 0 Å². The molecule has 2 aromatic rings. The maximum absolute atomic E-state index is 12.4. The van der Waals surface area contributed by atoms with Gasteiger partial charge in [-0.2, -0.15) is 5.10 Å². The zero-order valence-corrected chi connectivity index (χ0v) is 19.4. The number of esters is 1. The molecular formula is C23H34N4O4. The molecule has 1 fully saturated rings. The van der Waals surface area contributed by atoms with E-state index in [0.717, 1.165) is 43.4 Å². The normalized spacial score (nSPS) is 16.3. The van der Waals surface area contributed by atoms with E-state index in [1.54, 1.807) is 6.07 Å². The lowest BCUT2D eigenvalue weighted by Gasteiger charge is -2.43. The van der Waals surface area contributed by atoms with Crippen LogP contribution in [-0.2, 0) is 16.0 Å². The molecule has 1 amide bonds. The largest absolute Gasteiger partial charge is 0.465 e. The Morgan fingerprint density at radius 2 is 1.87 bits per heavy atom. The summed E-state index contributed by atoms with van der Waals surface area (Å²) in [6.07, 6.45) is 4.08. The van der Waals surface area contributed by atoms with Crippen molar-refractivity contribution in [3.63, 3.8) is 0 Å². The SMILES string of the molecule is CCn1cc2c(N3CCC(CC)(NC(=O)OC(C)(C)C)CC3)ccc(C(=O)OC)c2n1. The third-order valence-corrected chi connectivity index (χ3v) is 5.93. The van der Waals surface area contributed by atoms with Crippen molar-refractivity contribution in [2.45, 2.75) is 71.6 Å². The van der Waals surface area contributed by atoms with Crippen LogP contribution in [0, 0.1) is 0 Å². The molecule has 1 aromatic heterocycles. The summed E-state index contributed by atoms with van der Waals surface area (Å²) in [5.41, 5.74) is 1.37. The van der Waals surface area contributed by atoms with Crippen LogP contribution in [-0.4, -0.2) is 53.2 Å². The van der Waals surface area contributed by atoms with Gasteiger partial charge in [-0.1, -0.05) is 6.92 Å². The Morgan fingerprint density at radius 3 is 2.42 bits per heavy atom. The Labute approximate surface area is 183 Å². The van der Waals surface area contributed by atoms with E-state index in [1.807, 2.05) is 44.6 Å². The molecule has 1 saturated heterocycles. The molecule has 0 atom stereocenters. The van der Waals surface area contributed by atoms with E-state index in [4.69, 9.17) is 9.47 Å². The third-order valence-electron chi connectivity index (χ3n) is 5.93. The molecule has 8 heteroatoms. The Kier molecular flexibility index (Phi) is 6.48. The molecule has 0 spiro atoms. The van der Waals surface area contributed by atoms with Crippen LogP contribution in [0.2, 0.25) is 0 Å². The van der Waals surface area contributed by atoms with Crippen LogP contribution in [0.3, 0.4) is 0 Å². The number of amides is 1. The molecule has 31 heavy (non-hydrogen) atoms. The van der Waals surface area contributed by atoms with Gasteiger partial charge in [0.05, 0.1) is 12.7 Å². The number of hydrogen-bond acceptors (Lipinski definition) is 6. The average Bonchev–Trinajstić information content (AvgIpc) is 3.16. The number of ether oxygens (including phenoxy) is 2. The second kappa shape index (κ2) is 8.77. The van der Waals surface area contributed by atoms with Gasteiger partial charge in [0.25, 0.3) is 0 Å². The molecular weight excluding hydrogens is 396 g/mol. The van der Waals surface area contributed by atoms with Crippen LogP contribution in [0.1, 0.15) is 64.2 Å². The van der Waals surface area contributed by atoms with Crippen molar-refractivity contribution in [3.8, 4) is 0 Å². The number of methoxy groups -OCH3 is 1. The molecule has 1 N–H and O–H groups in total. The van der Waals surface area contributed by atoms with E-state index in [9.17, 15) is 9.59 Å². The molecule has 1 aliphatic rings. The van der Waals surface area contributed by atoms with Gasteiger partial charge in [-0.25, -0.2) is 9.59 Å². The topological polar surface area (TPSA) is 85.7 Å². The summed E-state index contributed by atoms with van der Waals surface area (Å²) in [4.78, 5) is 26.9. The fraction of sp³-hybridized carbons (Fsp3) is 0.609. The van der Waals surface area contributed by atoms with Gasteiger partial charge in [-0.15, -0.1) is 0 Å². The second-order valence-electron chi connectivity index (χ2n) is 9.12. The fourth-order valence-corrected chi connectivity index (χ4v) is 4.11. The molecule has 3 rings (SSSR count). The summed E-state index contributed by atoms with van der Waals surface area (Å²) in [6.45, 7) is 12.0. The minimum Gasteiger partial charge on any atom is -0.465 e. The van der Waals surface area contributed by atoms with Crippen LogP contribution in [0.25, 0.3) is 10.9 Å². The fourth-order valence-electron chi connectivity index (χ4n) is 4.11. The quantitative estimate of drug-likeness (QED) is 0.719. The van der Waals surface area contributed by atoms with Gasteiger partial charge >= 0.3 is 12.1 Å². The first kappa shape index (κ1) is 22.9. The van der Waals surface area contributed by atoms with Crippen molar-refractivity contribution in [2.24, 2.45) is 0 Å². The number of nitrogens with zero attached hydrogens (tertiary/aromatic N) is 3. The van der Waals surface area contributed by atoms with E-state index in [0.29, 0.717) is 17.6 Å². The minimum atomic E-state index is -0.522. The zero-order chi connectivity index (χ0) is 22.8. The average molecular weight is 431 g/mol. The highest BCUT2D eigenvalue weighted by Gasteiger charge is 2.36. The summed E-state index contributed by atoms with van der Waals surface area (Å²) in [7, 11) is 1.38. The second-order valence-corrected chi connectivity index (χ2v) is 9.12. The standard InChI is InChI=1S/C23H34N4O4/c1-7-23(24-21(29)31-22(3,4)5)11-13-26(14-12-23)18-10-9-16(20(28)30-6)19-17(18)15-27(8-2)25-19/h9-10,15H,7-8,11-14H2,1-6H3,(H,24,29). The minimum absolute atomic E-state index is 0.280. The van der Waals surface area contributed by atoms with Gasteiger partial charge in [0, 0.05) is 42.4 Å². The number of aromatic nitrogens is 2. The molecule has 0 radical (unpaired) electrons. The number of carbonyl (C=O) groups is 2. The Hall–Kier alpha value is -2.77. The van der Waals surface area contributed by atoms with Gasteiger partial charge in [0.2, 0.25) is 0 Å². The van der Waals surface area contributed by atoms with Crippen LogP contribution < -0.4 is 10.2 Å². The van der Waals surface area contributed by atoms with Crippen molar-refractivity contribution in [3.05, 3.63) is 23.9 Å². The van der Waals surface area contributed by atoms with Crippen LogP contribution in [0.4, 0.5) is 10.5 Å². The summed E-state index contributed by atoms with van der Waals surface area (Å²) >= 11 is 0. The maximum atomic E-state index is 12.4. The van der Waals surface area contributed by atoms with Crippen molar-refractivity contribution >= 4 is 28.7 Å². The first-order valence-corrected chi connectivity index (χ1v) is 11.0. The summed E-state index contributed by atoms with van der Waals surface area (Å²) < 4.78 is 12.2. The Balaban J connectivity index is 1.82. The van der Waals surface area contributed by atoms with Crippen molar-refractivity contribution in [1.82, 2.24) is 15.1 Å². The first-order valence-electron chi connectivity index (χ1n) is 11.0. The van der Waals surface area contributed by atoms with E-state index >= 15 is 0 Å². The number of alkyl carbamates (subject to hydrolysis) is 1. The van der Waals surface area contributed by atoms with Crippen LogP contribution in [0.15, 0.2) is 18.3 Å². The lowest BCUT2D eigenvalue weighted by Crippen LogP contribution is -2.55. The number of nitrogens with one attached hydrogen (secondary N) is 1. The molecule has 0 aliphatic carbocycles. The lowest BCUT2D eigenvalue weighted by atomic mass is 9.84. The highest BCUT2D eigenvalue weighted by Crippen LogP contribution is 2.34. The number of aryl methyl sites for hydroxylation is 1.